The van der Waals surface area contributed by atoms with E-state index in [-0.39, 0.29) is 13.0 Å². The minimum Gasteiger partial charge on any atom is -0.348 e. The molecule has 1 N–H and O–H groups in total. The molecule has 0 saturated carbocycles. The van der Waals surface area contributed by atoms with E-state index in [9.17, 15) is 13.0 Å². The van der Waals surface area contributed by atoms with E-state index in [0.717, 1.165) is 19.3 Å². The van der Waals surface area contributed by atoms with Crippen molar-refractivity contribution in [3.63, 3.8) is 0 Å². The van der Waals surface area contributed by atoms with E-state index in [1.165, 1.54) is 38.5 Å². The van der Waals surface area contributed by atoms with Crippen LogP contribution in [0.2, 0.25) is 0 Å². The SMILES string of the molecule is CCCCCCCCCCCCC(OCC)(OS(=O)(=O)O)C(OCC)OCC. The van der Waals surface area contributed by atoms with Crippen molar-refractivity contribution < 1.29 is 31.4 Å². The molecule has 0 amide bonds. The summed E-state index contributed by atoms with van der Waals surface area (Å²) in [4.78, 5) is 0. The molecule has 0 aliphatic carbocycles. The zero-order chi connectivity index (χ0) is 21.3. The van der Waals surface area contributed by atoms with Gasteiger partial charge in [-0.1, -0.05) is 64.7 Å². The van der Waals surface area contributed by atoms with Crippen LogP contribution in [-0.2, 0) is 28.8 Å². The molecule has 0 fully saturated rings. The largest absolute Gasteiger partial charge is 0.400 e. The topological polar surface area (TPSA) is 91.3 Å². The van der Waals surface area contributed by atoms with Crippen LogP contribution in [-0.4, -0.2) is 44.9 Å². The number of hydrogen-bond donors (Lipinski definition) is 1. The third kappa shape index (κ3) is 13.1. The van der Waals surface area contributed by atoms with Crippen LogP contribution in [0.15, 0.2) is 0 Å². The van der Waals surface area contributed by atoms with E-state index in [2.05, 4.69) is 6.92 Å². The molecular formula is C20H42O7S. The summed E-state index contributed by atoms with van der Waals surface area (Å²) in [5, 5.41) is 0. The van der Waals surface area contributed by atoms with Gasteiger partial charge in [0, 0.05) is 26.2 Å². The highest BCUT2D eigenvalue weighted by atomic mass is 32.3. The second kappa shape index (κ2) is 16.5. The van der Waals surface area contributed by atoms with Gasteiger partial charge in [0.2, 0.25) is 12.1 Å². The van der Waals surface area contributed by atoms with E-state index in [1.54, 1.807) is 20.8 Å². The lowest BCUT2D eigenvalue weighted by molar-refractivity contribution is -0.324. The molecule has 0 aliphatic heterocycles. The predicted octanol–water partition coefficient (Wildman–Crippen LogP) is 5.25. The lowest BCUT2D eigenvalue weighted by Gasteiger charge is -2.37. The van der Waals surface area contributed by atoms with Crippen molar-refractivity contribution >= 4 is 10.4 Å². The van der Waals surface area contributed by atoms with E-state index in [4.69, 9.17) is 18.4 Å². The van der Waals surface area contributed by atoms with Gasteiger partial charge in [0.1, 0.15) is 0 Å². The van der Waals surface area contributed by atoms with Crippen LogP contribution >= 0.6 is 0 Å². The standard InChI is InChI=1S/C20H42O7S/c1-5-9-10-11-12-13-14-15-16-17-18-20(26-8-4,27-28(21,22)23)19(24-6-2)25-7-3/h19H,5-18H2,1-4H3,(H,21,22,23). The first-order chi connectivity index (χ1) is 13.3. The summed E-state index contributed by atoms with van der Waals surface area (Å²) in [5.74, 6) is -1.69. The molecule has 0 bridgehead atoms. The molecule has 0 aliphatic rings. The van der Waals surface area contributed by atoms with Crippen molar-refractivity contribution in [2.75, 3.05) is 19.8 Å². The third-order valence-corrected chi connectivity index (χ3v) is 5.00. The van der Waals surface area contributed by atoms with Gasteiger partial charge in [-0.2, -0.15) is 8.42 Å². The number of hydrogen-bond acceptors (Lipinski definition) is 6. The Kier molecular flexibility index (Phi) is 16.4. The van der Waals surface area contributed by atoms with Gasteiger partial charge >= 0.3 is 10.4 Å². The van der Waals surface area contributed by atoms with Gasteiger partial charge in [-0.3, -0.25) is 4.55 Å². The fourth-order valence-electron chi connectivity index (χ4n) is 3.25. The van der Waals surface area contributed by atoms with Gasteiger partial charge < -0.3 is 14.2 Å². The summed E-state index contributed by atoms with van der Waals surface area (Å²) >= 11 is 0. The molecule has 0 saturated heterocycles. The molecule has 0 heterocycles. The molecule has 1 unspecified atom stereocenters. The summed E-state index contributed by atoms with van der Waals surface area (Å²) in [6.07, 6.45) is 10.7. The van der Waals surface area contributed by atoms with Crippen LogP contribution in [0, 0.1) is 0 Å². The molecule has 170 valence electrons. The molecule has 0 aromatic rings. The summed E-state index contributed by atoms with van der Waals surface area (Å²) < 4.78 is 53.9. The Morgan fingerprint density at radius 2 is 1.21 bits per heavy atom. The van der Waals surface area contributed by atoms with Crippen molar-refractivity contribution in [3.8, 4) is 0 Å². The van der Waals surface area contributed by atoms with Gasteiger partial charge in [0.25, 0.3) is 0 Å². The maximum atomic E-state index is 11.5. The van der Waals surface area contributed by atoms with E-state index in [1.807, 2.05) is 0 Å². The first-order valence-corrected chi connectivity index (χ1v) is 12.3. The maximum absolute atomic E-state index is 11.5. The molecule has 0 spiro atoms. The molecule has 0 radical (unpaired) electrons. The summed E-state index contributed by atoms with van der Waals surface area (Å²) in [6, 6.07) is 0. The predicted molar refractivity (Wildman–Crippen MR) is 110 cm³/mol. The first-order valence-electron chi connectivity index (χ1n) is 10.9. The normalized spacial score (nSPS) is 14.5. The highest BCUT2D eigenvalue weighted by molar-refractivity contribution is 7.80. The lowest BCUT2D eigenvalue weighted by Crippen LogP contribution is -2.51. The van der Waals surface area contributed by atoms with Gasteiger partial charge in [0.15, 0.2) is 0 Å². The molecule has 1 atom stereocenters. The highest BCUT2D eigenvalue weighted by Crippen LogP contribution is 2.31. The van der Waals surface area contributed by atoms with E-state index < -0.39 is 22.5 Å². The maximum Gasteiger partial charge on any atom is 0.400 e. The van der Waals surface area contributed by atoms with Crippen molar-refractivity contribution in [1.82, 2.24) is 0 Å². The fourth-order valence-corrected chi connectivity index (χ4v) is 3.82. The monoisotopic (exact) mass is 426 g/mol. The molecule has 0 aromatic heterocycles. The Hall–Kier alpha value is -0.250. The van der Waals surface area contributed by atoms with Gasteiger partial charge in [0.05, 0.1) is 0 Å². The van der Waals surface area contributed by atoms with Crippen molar-refractivity contribution in [3.05, 3.63) is 0 Å². The highest BCUT2D eigenvalue weighted by Gasteiger charge is 2.46. The lowest BCUT2D eigenvalue weighted by atomic mass is 10.0. The Bertz CT molecular complexity index is 449. The van der Waals surface area contributed by atoms with Crippen LogP contribution in [0.1, 0.15) is 98.3 Å². The molecule has 0 aromatic carbocycles. The average molecular weight is 427 g/mol. The zero-order valence-corrected chi connectivity index (χ0v) is 19.1. The Morgan fingerprint density at radius 3 is 1.61 bits per heavy atom. The van der Waals surface area contributed by atoms with E-state index in [0.29, 0.717) is 19.6 Å². The molecule has 28 heavy (non-hydrogen) atoms. The second-order valence-electron chi connectivity index (χ2n) is 6.93. The fraction of sp³-hybridized carbons (Fsp3) is 1.00. The van der Waals surface area contributed by atoms with Crippen LogP contribution in [0.4, 0.5) is 0 Å². The van der Waals surface area contributed by atoms with Gasteiger partial charge in [-0.05, 0) is 27.2 Å². The van der Waals surface area contributed by atoms with Crippen molar-refractivity contribution in [1.29, 1.82) is 0 Å². The Morgan fingerprint density at radius 1 is 0.750 bits per heavy atom. The molecule has 7 nitrogen and oxygen atoms in total. The summed E-state index contributed by atoms with van der Waals surface area (Å²) in [7, 11) is -4.73. The quantitative estimate of drug-likeness (QED) is 0.161. The summed E-state index contributed by atoms with van der Waals surface area (Å²) in [5.41, 5.74) is 0. The minimum absolute atomic E-state index is 0.198. The first kappa shape index (κ1) is 27.8. The minimum atomic E-state index is -4.73. The van der Waals surface area contributed by atoms with Gasteiger partial charge in [-0.25, -0.2) is 4.18 Å². The molecule has 0 rings (SSSR count). The van der Waals surface area contributed by atoms with Crippen molar-refractivity contribution in [2.24, 2.45) is 0 Å². The molecular weight excluding hydrogens is 384 g/mol. The van der Waals surface area contributed by atoms with Crippen LogP contribution in [0.3, 0.4) is 0 Å². The molecule has 8 heteroatoms. The van der Waals surface area contributed by atoms with Crippen LogP contribution in [0.25, 0.3) is 0 Å². The van der Waals surface area contributed by atoms with Crippen molar-refractivity contribution in [2.45, 2.75) is 110 Å². The third-order valence-electron chi connectivity index (χ3n) is 4.51. The van der Waals surface area contributed by atoms with Crippen LogP contribution in [0.5, 0.6) is 0 Å². The second-order valence-corrected chi connectivity index (χ2v) is 7.95. The van der Waals surface area contributed by atoms with Gasteiger partial charge in [-0.15, -0.1) is 0 Å². The number of ether oxygens (including phenoxy) is 3. The summed E-state index contributed by atoms with van der Waals surface area (Å²) in [6.45, 7) is 8.29. The smallest absolute Gasteiger partial charge is 0.348 e. The average Bonchev–Trinajstić information content (AvgIpc) is 2.62. The van der Waals surface area contributed by atoms with E-state index >= 15 is 0 Å². The Labute approximate surface area is 172 Å². The Balaban J connectivity index is 4.66. The number of unbranched alkanes of at least 4 members (excludes halogenated alkanes) is 9. The van der Waals surface area contributed by atoms with Crippen LogP contribution < -0.4 is 0 Å². The number of rotatable bonds is 20. The zero-order valence-electron chi connectivity index (χ0n) is 18.3.